The molecule has 8 heteroatoms. The van der Waals surface area contributed by atoms with Gasteiger partial charge in [0.1, 0.15) is 18.2 Å². The Morgan fingerprint density at radius 3 is 2.59 bits per heavy atom. The van der Waals surface area contributed by atoms with Crippen molar-refractivity contribution < 1.29 is 4.39 Å². The second-order valence-electron chi connectivity index (χ2n) is 8.13. The van der Waals surface area contributed by atoms with Crippen molar-refractivity contribution in [2.45, 2.75) is 63.5 Å². The molecule has 0 radical (unpaired) electrons. The molecule has 0 spiro atoms. The summed E-state index contributed by atoms with van der Waals surface area (Å²) in [5, 5.41) is 15.4. The van der Waals surface area contributed by atoms with E-state index in [0.29, 0.717) is 19.1 Å². The number of halogens is 2. The number of aryl methyl sites for hydroxylation is 1. The Morgan fingerprint density at radius 1 is 1.24 bits per heavy atom. The number of hydrogen-bond acceptors (Lipinski definition) is 3. The lowest BCUT2D eigenvalue weighted by atomic mass is 9.95. The summed E-state index contributed by atoms with van der Waals surface area (Å²) in [6, 6.07) is 7.59. The van der Waals surface area contributed by atoms with Crippen LogP contribution in [0.1, 0.15) is 55.7 Å². The first kappa shape index (κ1) is 22.0. The van der Waals surface area contributed by atoms with Crippen LogP contribution in [0.3, 0.4) is 0 Å². The van der Waals surface area contributed by atoms with E-state index in [4.69, 9.17) is 4.99 Å². The molecule has 0 saturated heterocycles. The van der Waals surface area contributed by atoms with E-state index in [1.807, 2.05) is 30.7 Å². The highest BCUT2D eigenvalue weighted by Gasteiger charge is 2.45. The lowest BCUT2D eigenvalue weighted by Gasteiger charge is -2.22. The molecule has 2 aliphatic rings. The molecule has 0 aliphatic heterocycles. The van der Waals surface area contributed by atoms with Crippen LogP contribution in [0.25, 0.3) is 0 Å². The molecule has 6 nitrogen and oxygen atoms in total. The molecule has 1 heterocycles. The van der Waals surface area contributed by atoms with Gasteiger partial charge in [0.05, 0.1) is 0 Å². The Bertz CT molecular complexity index is 855. The van der Waals surface area contributed by atoms with Crippen LogP contribution in [0.5, 0.6) is 0 Å². The van der Waals surface area contributed by atoms with E-state index in [9.17, 15) is 4.39 Å². The fourth-order valence-corrected chi connectivity index (χ4v) is 3.99. The van der Waals surface area contributed by atoms with E-state index in [1.54, 1.807) is 12.1 Å². The average Bonchev–Trinajstić information content (AvgIpc) is 3.17. The Hall–Kier alpha value is -1.71. The summed E-state index contributed by atoms with van der Waals surface area (Å²) < 4.78 is 16.3. The van der Waals surface area contributed by atoms with Gasteiger partial charge in [0.25, 0.3) is 0 Å². The van der Waals surface area contributed by atoms with Gasteiger partial charge in [0.2, 0.25) is 0 Å². The summed E-state index contributed by atoms with van der Waals surface area (Å²) in [6.07, 6.45) is 6.85. The molecule has 0 bridgehead atoms. The van der Waals surface area contributed by atoms with Crippen LogP contribution in [0.15, 0.2) is 29.3 Å². The molecule has 1 aromatic heterocycles. The number of benzene rings is 1. The van der Waals surface area contributed by atoms with Crippen molar-refractivity contribution in [3.05, 3.63) is 47.3 Å². The van der Waals surface area contributed by atoms with Gasteiger partial charge in [-0.25, -0.2) is 9.38 Å². The van der Waals surface area contributed by atoms with Gasteiger partial charge in [0.15, 0.2) is 11.8 Å². The van der Waals surface area contributed by atoms with Gasteiger partial charge < -0.3 is 15.2 Å². The molecule has 2 saturated carbocycles. The standard InChI is InChI=1S/C21H29FN6.HI/c1-15-26-27-19(28(15)2)13-23-20(25-16-7-3-4-8-16)24-14-21(11-12-21)17-9-5-6-10-18(17)22;/h5-6,9-10,16H,3-4,7-8,11-14H2,1-2H3,(H2,23,24,25);1H. The molecule has 0 atom stereocenters. The van der Waals surface area contributed by atoms with Crippen LogP contribution in [0, 0.1) is 12.7 Å². The number of guanidine groups is 1. The number of aromatic nitrogens is 3. The maximum Gasteiger partial charge on any atom is 0.191 e. The van der Waals surface area contributed by atoms with E-state index >= 15 is 0 Å². The molecule has 2 fully saturated rings. The van der Waals surface area contributed by atoms with Crippen molar-refractivity contribution in [1.82, 2.24) is 25.4 Å². The Kier molecular flexibility index (Phi) is 7.13. The van der Waals surface area contributed by atoms with Gasteiger partial charge in [-0.3, -0.25) is 0 Å². The first-order chi connectivity index (χ1) is 13.6. The van der Waals surface area contributed by atoms with Gasteiger partial charge in [-0.05, 0) is 44.2 Å². The lowest BCUT2D eigenvalue weighted by molar-refractivity contribution is 0.552. The monoisotopic (exact) mass is 512 g/mol. The number of nitrogens with zero attached hydrogens (tertiary/aromatic N) is 4. The smallest absolute Gasteiger partial charge is 0.191 e. The summed E-state index contributed by atoms with van der Waals surface area (Å²) >= 11 is 0. The van der Waals surface area contributed by atoms with Crippen molar-refractivity contribution in [1.29, 1.82) is 0 Å². The van der Waals surface area contributed by atoms with Crippen molar-refractivity contribution in [2.24, 2.45) is 12.0 Å². The maximum absolute atomic E-state index is 14.3. The summed E-state index contributed by atoms with van der Waals surface area (Å²) in [5.41, 5.74) is 0.692. The molecular formula is C21H30FIN6. The van der Waals surface area contributed by atoms with E-state index in [2.05, 4.69) is 20.8 Å². The van der Waals surface area contributed by atoms with Gasteiger partial charge in [-0.1, -0.05) is 31.0 Å². The highest BCUT2D eigenvalue weighted by Crippen LogP contribution is 2.48. The van der Waals surface area contributed by atoms with Crippen LogP contribution >= 0.6 is 24.0 Å². The van der Waals surface area contributed by atoms with Crippen LogP contribution in [-0.2, 0) is 19.0 Å². The molecule has 4 rings (SSSR count). The highest BCUT2D eigenvalue weighted by atomic mass is 127. The van der Waals surface area contributed by atoms with E-state index < -0.39 is 0 Å². The number of aliphatic imine (C=N–C) groups is 1. The minimum absolute atomic E-state index is 0. The molecule has 29 heavy (non-hydrogen) atoms. The third kappa shape index (κ3) is 5.07. The zero-order valence-corrected chi connectivity index (χ0v) is 19.4. The summed E-state index contributed by atoms with van der Waals surface area (Å²) in [6.45, 7) is 3.08. The largest absolute Gasteiger partial charge is 0.355 e. The fraction of sp³-hybridized carbons (Fsp3) is 0.571. The number of hydrogen-bond donors (Lipinski definition) is 2. The zero-order chi connectivity index (χ0) is 19.6. The normalized spacial score (nSPS) is 18.4. The number of nitrogens with one attached hydrogen (secondary N) is 2. The van der Waals surface area contributed by atoms with E-state index in [-0.39, 0.29) is 35.2 Å². The predicted octanol–water partition coefficient (Wildman–Crippen LogP) is 3.59. The van der Waals surface area contributed by atoms with Crippen LogP contribution in [0.4, 0.5) is 4.39 Å². The van der Waals surface area contributed by atoms with Crippen LogP contribution < -0.4 is 10.6 Å². The zero-order valence-electron chi connectivity index (χ0n) is 17.1. The summed E-state index contributed by atoms with van der Waals surface area (Å²) in [4.78, 5) is 4.76. The third-order valence-electron chi connectivity index (χ3n) is 6.15. The van der Waals surface area contributed by atoms with Crippen molar-refractivity contribution >= 4 is 29.9 Å². The Balaban J connectivity index is 0.00000240. The summed E-state index contributed by atoms with van der Waals surface area (Å²) in [5.74, 6) is 2.38. The van der Waals surface area contributed by atoms with Gasteiger partial charge >= 0.3 is 0 Å². The van der Waals surface area contributed by atoms with Crippen molar-refractivity contribution in [3.8, 4) is 0 Å². The number of rotatable bonds is 6. The third-order valence-corrected chi connectivity index (χ3v) is 6.15. The fourth-order valence-electron chi connectivity index (χ4n) is 3.99. The summed E-state index contributed by atoms with van der Waals surface area (Å²) in [7, 11) is 1.95. The van der Waals surface area contributed by atoms with Crippen molar-refractivity contribution in [2.75, 3.05) is 6.54 Å². The molecule has 158 valence electrons. The molecule has 2 N–H and O–H groups in total. The van der Waals surface area contributed by atoms with E-state index in [0.717, 1.165) is 36.0 Å². The second-order valence-corrected chi connectivity index (χ2v) is 8.13. The van der Waals surface area contributed by atoms with Crippen LogP contribution in [-0.4, -0.2) is 33.3 Å². The van der Waals surface area contributed by atoms with Crippen LogP contribution in [0.2, 0.25) is 0 Å². The molecule has 0 amide bonds. The average molecular weight is 512 g/mol. The van der Waals surface area contributed by atoms with Gasteiger partial charge in [-0.15, -0.1) is 34.2 Å². The maximum atomic E-state index is 14.3. The second kappa shape index (κ2) is 9.40. The highest BCUT2D eigenvalue weighted by molar-refractivity contribution is 14.0. The minimum Gasteiger partial charge on any atom is -0.355 e. The van der Waals surface area contributed by atoms with Gasteiger partial charge in [-0.2, -0.15) is 0 Å². The lowest BCUT2D eigenvalue weighted by Crippen LogP contribution is -2.45. The first-order valence-corrected chi connectivity index (χ1v) is 10.2. The Morgan fingerprint density at radius 2 is 1.97 bits per heavy atom. The topological polar surface area (TPSA) is 67.1 Å². The predicted molar refractivity (Wildman–Crippen MR) is 123 cm³/mol. The van der Waals surface area contributed by atoms with E-state index in [1.165, 1.54) is 25.7 Å². The first-order valence-electron chi connectivity index (χ1n) is 10.2. The SMILES string of the molecule is Cc1nnc(CN=C(NCC2(c3ccccc3F)CC2)NC2CCCC2)n1C.I. The molecule has 0 unspecified atom stereocenters. The van der Waals surface area contributed by atoms with Crippen molar-refractivity contribution in [3.63, 3.8) is 0 Å². The Labute approximate surface area is 188 Å². The molecular weight excluding hydrogens is 482 g/mol. The molecule has 1 aromatic carbocycles. The van der Waals surface area contributed by atoms with Gasteiger partial charge in [0, 0.05) is 25.0 Å². The molecule has 2 aliphatic carbocycles. The minimum atomic E-state index is -0.120. The quantitative estimate of drug-likeness (QED) is 0.353. The molecule has 2 aromatic rings.